The van der Waals surface area contributed by atoms with E-state index >= 15 is 0 Å². The highest BCUT2D eigenvalue weighted by Gasteiger charge is 2.13. The van der Waals surface area contributed by atoms with Crippen molar-refractivity contribution in [1.82, 2.24) is 9.78 Å². The standard InChI is InChI=1S/C12H14BrN3/c1-8(14)12-11(7-15-16(12)2)9-3-5-10(13)6-4-9/h3-8H,14H2,1-2H3. The molecule has 3 nitrogen and oxygen atoms in total. The lowest BCUT2D eigenvalue weighted by Gasteiger charge is -2.09. The number of hydrogen-bond acceptors (Lipinski definition) is 2. The second kappa shape index (κ2) is 4.39. The predicted molar refractivity (Wildman–Crippen MR) is 68.9 cm³/mol. The summed E-state index contributed by atoms with van der Waals surface area (Å²) in [4.78, 5) is 0. The van der Waals surface area contributed by atoms with Crippen LogP contribution in [-0.4, -0.2) is 9.78 Å². The van der Waals surface area contributed by atoms with Crippen molar-refractivity contribution in [2.45, 2.75) is 13.0 Å². The van der Waals surface area contributed by atoms with E-state index in [1.807, 2.05) is 37.0 Å². The first-order valence-electron chi connectivity index (χ1n) is 5.13. The summed E-state index contributed by atoms with van der Waals surface area (Å²) in [6.07, 6.45) is 1.86. The molecule has 0 aliphatic rings. The molecule has 0 spiro atoms. The Morgan fingerprint density at radius 3 is 2.50 bits per heavy atom. The molecular formula is C12H14BrN3. The number of hydrogen-bond donors (Lipinski definition) is 1. The number of benzene rings is 1. The van der Waals surface area contributed by atoms with Crippen molar-refractivity contribution in [3.8, 4) is 11.1 Å². The molecule has 1 unspecified atom stereocenters. The van der Waals surface area contributed by atoms with Gasteiger partial charge < -0.3 is 5.73 Å². The molecule has 4 heteroatoms. The normalized spacial score (nSPS) is 12.8. The Labute approximate surface area is 103 Å². The van der Waals surface area contributed by atoms with E-state index in [0.29, 0.717) is 0 Å². The van der Waals surface area contributed by atoms with Crippen molar-refractivity contribution < 1.29 is 0 Å². The largest absolute Gasteiger partial charge is 0.323 e. The third kappa shape index (κ3) is 2.03. The molecule has 2 rings (SSSR count). The lowest BCUT2D eigenvalue weighted by atomic mass is 10.0. The molecule has 1 heterocycles. The number of aromatic nitrogens is 2. The highest BCUT2D eigenvalue weighted by molar-refractivity contribution is 9.10. The summed E-state index contributed by atoms with van der Waals surface area (Å²) in [5.41, 5.74) is 9.26. The smallest absolute Gasteiger partial charge is 0.0623 e. The van der Waals surface area contributed by atoms with Crippen molar-refractivity contribution in [2.75, 3.05) is 0 Å². The van der Waals surface area contributed by atoms with Crippen LogP contribution in [0.4, 0.5) is 0 Å². The molecule has 0 saturated carbocycles. The fourth-order valence-corrected chi connectivity index (χ4v) is 2.10. The van der Waals surface area contributed by atoms with Crippen LogP contribution in [0.2, 0.25) is 0 Å². The molecule has 1 aromatic heterocycles. The van der Waals surface area contributed by atoms with E-state index in [4.69, 9.17) is 5.73 Å². The van der Waals surface area contributed by atoms with Crippen LogP contribution in [0.1, 0.15) is 18.7 Å². The molecule has 0 bridgehead atoms. The van der Waals surface area contributed by atoms with Crippen molar-refractivity contribution in [1.29, 1.82) is 0 Å². The molecule has 0 radical (unpaired) electrons. The molecule has 1 aromatic carbocycles. The van der Waals surface area contributed by atoms with Crippen LogP contribution in [0.3, 0.4) is 0 Å². The molecule has 0 fully saturated rings. The van der Waals surface area contributed by atoms with Crippen LogP contribution in [0.5, 0.6) is 0 Å². The average Bonchev–Trinajstić information content (AvgIpc) is 2.61. The van der Waals surface area contributed by atoms with E-state index in [1.54, 1.807) is 0 Å². The van der Waals surface area contributed by atoms with Crippen LogP contribution < -0.4 is 5.73 Å². The summed E-state index contributed by atoms with van der Waals surface area (Å²) >= 11 is 3.43. The number of halogens is 1. The van der Waals surface area contributed by atoms with Gasteiger partial charge in [0.2, 0.25) is 0 Å². The van der Waals surface area contributed by atoms with Crippen molar-refractivity contribution >= 4 is 15.9 Å². The molecule has 0 aliphatic carbocycles. The minimum absolute atomic E-state index is 0.0221. The van der Waals surface area contributed by atoms with Gasteiger partial charge in [-0.1, -0.05) is 28.1 Å². The number of nitrogens with two attached hydrogens (primary N) is 1. The Kier molecular flexibility index (Phi) is 3.12. The van der Waals surface area contributed by atoms with Gasteiger partial charge in [0, 0.05) is 23.1 Å². The quantitative estimate of drug-likeness (QED) is 0.919. The van der Waals surface area contributed by atoms with E-state index in [0.717, 1.165) is 21.3 Å². The van der Waals surface area contributed by atoms with Gasteiger partial charge in [0.15, 0.2) is 0 Å². The van der Waals surface area contributed by atoms with Gasteiger partial charge in [0.25, 0.3) is 0 Å². The Bertz CT molecular complexity index is 485. The fraction of sp³-hybridized carbons (Fsp3) is 0.250. The Balaban J connectivity index is 2.52. The van der Waals surface area contributed by atoms with Crippen LogP contribution >= 0.6 is 15.9 Å². The summed E-state index contributed by atoms with van der Waals surface area (Å²) in [6, 6.07) is 8.15. The molecule has 16 heavy (non-hydrogen) atoms. The maximum absolute atomic E-state index is 5.96. The molecule has 2 N–H and O–H groups in total. The van der Waals surface area contributed by atoms with Crippen molar-refractivity contribution in [3.05, 3.63) is 40.6 Å². The van der Waals surface area contributed by atoms with Gasteiger partial charge in [0.05, 0.1) is 11.9 Å². The van der Waals surface area contributed by atoms with Crippen LogP contribution in [0.25, 0.3) is 11.1 Å². The minimum Gasteiger partial charge on any atom is -0.323 e. The summed E-state index contributed by atoms with van der Waals surface area (Å²) in [6.45, 7) is 1.97. The number of nitrogens with zero attached hydrogens (tertiary/aromatic N) is 2. The second-order valence-corrected chi connectivity index (χ2v) is 4.78. The molecule has 0 saturated heterocycles. The van der Waals surface area contributed by atoms with Gasteiger partial charge in [-0.25, -0.2) is 0 Å². The van der Waals surface area contributed by atoms with Crippen molar-refractivity contribution in [2.24, 2.45) is 12.8 Å². The number of aryl methyl sites for hydroxylation is 1. The van der Waals surface area contributed by atoms with Gasteiger partial charge in [-0.3, -0.25) is 4.68 Å². The lowest BCUT2D eigenvalue weighted by molar-refractivity contribution is 0.655. The molecule has 2 aromatic rings. The fourth-order valence-electron chi connectivity index (χ4n) is 1.84. The zero-order valence-corrected chi connectivity index (χ0v) is 10.9. The maximum atomic E-state index is 5.96. The average molecular weight is 280 g/mol. The summed E-state index contributed by atoms with van der Waals surface area (Å²) in [5.74, 6) is 0. The van der Waals surface area contributed by atoms with Gasteiger partial charge >= 0.3 is 0 Å². The first-order chi connectivity index (χ1) is 7.59. The van der Waals surface area contributed by atoms with Gasteiger partial charge in [-0.2, -0.15) is 5.10 Å². The minimum atomic E-state index is -0.0221. The third-order valence-corrected chi connectivity index (χ3v) is 3.10. The van der Waals surface area contributed by atoms with E-state index in [2.05, 4.69) is 33.2 Å². The monoisotopic (exact) mass is 279 g/mol. The number of rotatable bonds is 2. The molecular weight excluding hydrogens is 266 g/mol. The van der Waals surface area contributed by atoms with Crippen LogP contribution in [0.15, 0.2) is 34.9 Å². The lowest BCUT2D eigenvalue weighted by Crippen LogP contribution is -2.11. The van der Waals surface area contributed by atoms with Gasteiger partial charge in [0.1, 0.15) is 0 Å². The third-order valence-electron chi connectivity index (χ3n) is 2.57. The Hall–Kier alpha value is -1.13. The van der Waals surface area contributed by atoms with E-state index in [9.17, 15) is 0 Å². The second-order valence-electron chi connectivity index (χ2n) is 3.86. The van der Waals surface area contributed by atoms with Crippen LogP contribution in [-0.2, 0) is 7.05 Å². The van der Waals surface area contributed by atoms with E-state index in [-0.39, 0.29) is 6.04 Å². The Morgan fingerprint density at radius 1 is 1.31 bits per heavy atom. The van der Waals surface area contributed by atoms with E-state index < -0.39 is 0 Å². The summed E-state index contributed by atoms with van der Waals surface area (Å²) in [7, 11) is 1.92. The summed E-state index contributed by atoms with van der Waals surface area (Å²) in [5, 5.41) is 4.26. The SMILES string of the molecule is CC(N)c1c(-c2ccc(Br)cc2)cnn1C. The zero-order chi connectivity index (χ0) is 11.7. The van der Waals surface area contributed by atoms with Gasteiger partial charge in [-0.05, 0) is 24.6 Å². The maximum Gasteiger partial charge on any atom is 0.0623 e. The van der Waals surface area contributed by atoms with Crippen molar-refractivity contribution in [3.63, 3.8) is 0 Å². The van der Waals surface area contributed by atoms with Gasteiger partial charge in [-0.15, -0.1) is 0 Å². The molecule has 84 valence electrons. The van der Waals surface area contributed by atoms with Crippen LogP contribution in [0, 0.1) is 0 Å². The highest BCUT2D eigenvalue weighted by atomic mass is 79.9. The molecule has 0 aliphatic heterocycles. The Morgan fingerprint density at radius 2 is 1.94 bits per heavy atom. The topological polar surface area (TPSA) is 43.8 Å². The first-order valence-corrected chi connectivity index (χ1v) is 5.92. The molecule has 1 atom stereocenters. The molecule has 0 amide bonds. The predicted octanol–water partition coefficient (Wildman–Crippen LogP) is 2.87. The summed E-state index contributed by atoms with van der Waals surface area (Å²) < 4.78 is 2.91. The first kappa shape index (κ1) is 11.4. The highest BCUT2D eigenvalue weighted by Crippen LogP contribution is 2.27. The van der Waals surface area contributed by atoms with E-state index in [1.165, 1.54) is 0 Å². The zero-order valence-electron chi connectivity index (χ0n) is 9.31.